The van der Waals surface area contributed by atoms with Gasteiger partial charge in [0.15, 0.2) is 5.69 Å². The Morgan fingerprint density at radius 3 is 2.46 bits per heavy atom. The summed E-state index contributed by atoms with van der Waals surface area (Å²) in [7, 11) is 0. The number of hydrogen-bond donors (Lipinski definition) is 1. The topological polar surface area (TPSA) is 66.3 Å². The molecule has 0 atom stereocenters. The van der Waals surface area contributed by atoms with Gasteiger partial charge < -0.3 is 15.1 Å². The average molecular weight is 361 g/mol. The molecule has 3 aliphatic rings. The third kappa shape index (κ3) is 3.78. The SMILES string of the molecule is Cc1c(C(=O)N2CCC(CN3CCCC3)CC2)nnn1C1CCNCC1. The van der Waals surface area contributed by atoms with Crippen LogP contribution in [0.1, 0.15) is 60.7 Å². The maximum Gasteiger partial charge on any atom is 0.276 e. The molecule has 0 bridgehead atoms. The highest BCUT2D eigenvalue weighted by atomic mass is 16.2. The third-order valence-corrected chi connectivity index (χ3v) is 6.40. The first-order valence-electron chi connectivity index (χ1n) is 10.4. The van der Waals surface area contributed by atoms with Crippen LogP contribution < -0.4 is 5.32 Å². The van der Waals surface area contributed by atoms with E-state index in [1.807, 2.05) is 16.5 Å². The second kappa shape index (κ2) is 8.05. The highest BCUT2D eigenvalue weighted by Crippen LogP contribution is 2.24. The minimum atomic E-state index is 0.0716. The average Bonchev–Trinajstić information content (AvgIpc) is 3.32. The summed E-state index contributed by atoms with van der Waals surface area (Å²) >= 11 is 0. The van der Waals surface area contributed by atoms with Gasteiger partial charge in [0.25, 0.3) is 5.91 Å². The Morgan fingerprint density at radius 2 is 1.77 bits per heavy atom. The van der Waals surface area contributed by atoms with Crippen LogP contribution in [0.15, 0.2) is 0 Å². The number of carbonyl (C=O) groups excluding carboxylic acids is 1. The Kier molecular flexibility index (Phi) is 5.55. The zero-order valence-corrected chi connectivity index (χ0v) is 16.0. The molecule has 3 fully saturated rings. The van der Waals surface area contributed by atoms with Crippen LogP contribution in [0.25, 0.3) is 0 Å². The van der Waals surface area contributed by atoms with Crippen molar-refractivity contribution in [2.75, 3.05) is 45.8 Å². The molecule has 0 unspecified atom stereocenters. The summed E-state index contributed by atoms with van der Waals surface area (Å²) in [6, 6.07) is 0.372. The molecule has 4 heterocycles. The Bertz CT molecular complexity index is 610. The first-order chi connectivity index (χ1) is 12.7. The van der Waals surface area contributed by atoms with E-state index < -0.39 is 0 Å². The van der Waals surface area contributed by atoms with Gasteiger partial charge in [0.05, 0.1) is 11.7 Å². The standard InChI is InChI=1S/C19H32N6O/c1-15-18(21-22-25(15)17-4-8-20-9-5-17)19(26)24-12-6-16(7-13-24)14-23-10-2-3-11-23/h16-17,20H,2-14H2,1H3. The number of nitrogens with zero attached hydrogens (tertiary/aromatic N) is 5. The van der Waals surface area contributed by atoms with E-state index in [1.165, 1.54) is 32.5 Å². The van der Waals surface area contributed by atoms with E-state index in [2.05, 4.69) is 20.5 Å². The molecule has 3 aliphatic heterocycles. The van der Waals surface area contributed by atoms with Gasteiger partial charge in [-0.2, -0.15) is 0 Å². The van der Waals surface area contributed by atoms with Crippen molar-refractivity contribution in [2.24, 2.45) is 5.92 Å². The van der Waals surface area contributed by atoms with Crippen molar-refractivity contribution >= 4 is 5.91 Å². The molecule has 0 radical (unpaired) electrons. The molecule has 1 N–H and O–H groups in total. The lowest BCUT2D eigenvalue weighted by Gasteiger charge is -2.33. The van der Waals surface area contributed by atoms with Crippen LogP contribution in [0.4, 0.5) is 0 Å². The number of nitrogens with one attached hydrogen (secondary N) is 1. The Morgan fingerprint density at radius 1 is 1.08 bits per heavy atom. The molecule has 0 saturated carbocycles. The molecule has 7 nitrogen and oxygen atoms in total. The lowest BCUT2D eigenvalue weighted by molar-refractivity contribution is 0.0666. The lowest BCUT2D eigenvalue weighted by atomic mass is 9.96. The highest BCUT2D eigenvalue weighted by molar-refractivity contribution is 5.93. The lowest BCUT2D eigenvalue weighted by Crippen LogP contribution is -2.41. The van der Waals surface area contributed by atoms with Crippen LogP contribution in [0.2, 0.25) is 0 Å². The number of aromatic nitrogens is 3. The van der Waals surface area contributed by atoms with Crippen LogP contribution in [-0.2, 0) is 0 Å². The summed E-state index contributed by atoms with van der Waals surface area (Å²) in [5.41, 5.74) is 1.49. The van der Waals surface area contributed by atoms with E-state index in [1.54, 1.807) is 0 Å². The maximum atomic E-state index is 13.0. The summed E-state index contributed by atoms with van der Waals surface area (Å²) < 4.78 is 1.98. The molecule has 0 aliphatic carbocycles. The Hall–Kier alpha value is -1.47. The molecular formula is C19H32N6O. The fourth-order valence-corrected chi connectivity index (χ4v) is 4.74. The fourth-order valence-electron chi connectivity index (χ4n) is 4.74. The quantitative estimate of drug-likeness (QED) is 0.881. The van der Waals surface area contributed by atoms with Crippen molar-refractivity contribution in [2.45, 2.75) is 51.5 Å². The van der Waals surface area contributed by atoms with Gasteiger partial charge in [-0.15, -0.1) is 5.10 Å². The van der Waals surface area contributed by atoms with E-state index in [9.17, 15) is 4.79 Å². The van der Waals surface area contributed by atoms with Crippen molar-refractivity contribution in [3.05, 3.63) is 11.4 Å². The van der Waals surface area contributed by atoms with Crippen molar-refractivity contribution in [3.8, 4) is 0 Å². The first-order valence-corrected chi connectivity index (χ1v) is 10.4. The molecule has 0 spiro atoms. The zero-order valence-electron chi connectivity index (χ0n) is 16.0. The number of hydrogen-bond acceptors (Lipinski definition) is 5. The second-order valence-corrected chi connectivity index (χ2v) is 8.19. The number of rotatable bonds is 4. The molecule has 26 heavy (non-hydrogen) atoms. The Labute approximate surface area is 156 Å². The summed E-state index contributed by atoms with van der Waals surface area (Å²) in [5.74, 6) is 0.811. The second-order valence-electron chi connectivity index (χ2n) is 8.19. The van der Waals surface area contributed by atoms with E-state index in [0.29, 0.717) is 11.7 Å². The van der Waals surface area contributed by atoms with Crippen LogP contribution in [-0.4, -0.2) is 76.5 Å². The van der Waals surface area contributed by atoms with Gasteiger partial charge in [0, 0.05) is 19.6 Å². The van der Waals surface area contributed by atoms with Gasteiger partial charge >= 0.3 is 0 Å². The predicted molar refractivity (Wildman–Crippen MR) is 100 cm³/mol. The van der Waals surface area contributed by atoms with Crippen LogP contribution in [0, 0.1) is 12.8 Å². The minimum Gasteiger partial charge on any atom is -0.337 e. The zero-order chi connectivity index (χ0) is 17.9. The Balaban J connectivity index is 1.34. The predicted octanol–water partition coefficient (Wildman–Crippen LogP) is 1.46. The van der Waals surface area contributed by atoms with Gasteiger partial charge in [-0.25, -0.2) is 4.68 Å². The van der Waals surface area contributed by atoms with Crippen LogP contribution in [0.5, 0.6) is 0 Å². The van der Waals surface area contributed by atoms with Gasteiger partial charge in [-0.1, -0.05) is 5.21 Å². The van der Waals surface area contributed by atoms with Gasteiger partial charge in [-0.3, -0.25) is 4.79 Å². The van der Waals surface area contributed by atoms with E-state index in [-0.39, 0.29) is 5.91 Å². The first kappa shape index (κ1) is 17.9. The molecule has 1 aromatic rings. The van der Waals surface area contributed by atoms with E-state index in [0.717, 1.165) is 63.5 Å². The van der Waals surface area contributed by atoms with Gasteiger partial charge in [-0.05, 0) is 77.5 Å². The molecule has 1 aromatic heterocycles. The smallest absolute Gasteiger partial charge is 0.276 e. The number of amides is 1. The summed E-state index contributed by atoms with van der Waals surface area (Å²) in [6.45, 7) is 9.47. The number of likely N-dealkylation sites (tertiary alicyclic amines) is 2. The van der Waals surface area contributed by atoms with E-state index >= 15 is 0 Å². The van der Waals surface area contributed by atoms with Crippen molar-refractivity contribution < 1.29 is 4.79 Å². The summed E-state index contributed by atoms with van der Waals surface area (Å²) in [4.78, 5) is 17.5. The third-order valence-electron chi connectivity index (χ3n) is 6.40. The highest BCUT2D eigenvalue weighted by Gasteiger charge is 2.29. The largest absolute Gasteiger partial charge is 0.337 e. The number of piperidine rings is 2. The molecular weight excluding hydrogens is 328 g/mol. The number of carbonyl (C=O) groups is 1. The van der Waals surface area contributed by atoms with Crippen LogP contribution >= 0.6 is 0 Å². The van der Waals surface area contributed by atoms with Gasteiger partial charge in [0.2, 0.25) is 0 Å². The van der Waals surface area contributed by atoms with Crippen molar-refractivity contribution in [1.82, 2.24) is 30.1 Å². The van der Waals surface area contributed by atoms with Crippen LogP contribution in [0.3, 0.4) is 0 Å². The van der Waals surface area contributed by atoms with E-state index in [4.69, 9.17) is 0 Å². The van der Waals surface area contributed by atoms with Crippen molar-refractivity contribution in [3.63, 3.8) is 0 Å². The van der Waals surface area contributed by atoms with Gasteiger partial charge in [0.1, 0.15) is 0 Å². The summed E-state index contributed by atoms with van der Waals surface area (Å²) in [5, 5.41) is 12.0. The van der Waals surface area contributed by atoms with Crippen molar-refractivity contribution in [1.29, 1.82) is 0 Å². The maximum absolute atomic E-state index is 13.0. The monoisotopic (exact) mass is 360 g/mol. The summed E-state index contributed by atoms with van der Waals surface area (Å²) in [6.07, 6.45) is 7.04. The molecule has 3 saturated heterocycles. The molecule has 144 valence electrons. The normalized spacial score (nSPS) is 23.7. The molecule has 7 heteroatoms. The molecule has 0 aromatic carbocycles. The molecule has 4 rings (SSSR count). The minimum absolute atomic E-state index is 0.0716. The molecule has 1 amide bonds. The fraction of sp³-hybridized carbons (Fsp3) is 0.842.